The third kappa shape index (κ3) is 4.34. The predicted molar refractivity (Wildman–Crippen MR) is 142 cm³/mol. The summed E-state index contributed by atoms with van der Waals surface area (Å²) in [5.74, 6) is 4.05. The third-order valence-corrected chi connectivity index (χ3v) is 8.42. The van der Waals surface area contributed by atoms with Gasteiger partial charge in [-0.15, -0.1) is 11.3 Å². The number of rotatable bonds is 6. The summed E-state index contributed by atoms with van der Waals surface area (Å²) >= 11 is 1.85. The van der Waals surface area contributed by atoms with Gasteiger partial charge in [-0.3, -0.25) is 4.79 Å². The van der Waals surface area contributed by atoms with Crippen LogP contribution in [0.4, 0.5) is 5.82 Å². The van der Waals surface area contributed by atoms with E-state index in [1.807, 2.05) is 16.2 Å². The molecule has 1 aliphatic carbocycles. The van der Waals surface area contributed by atoms with E-state index in [1.54, 1.807) is 33.5 Å². The molecule has 192 valence electrons. The Morgan fingerprint density at radius 3 is 2.36 bits per heavy atom. The summed E-state index contributed by atoms with van der Waals surface area (Å²) in [6.45, 7) is 7.13. The van der Waals surface area contributed by atoms with Crippen LogP contribution in [0.2, 0.25) is 0 Å². The minimum Gasteiger partial charge on any atom is -0.493 e. The van der Waals surface area contributed by atoms with E-state index in [4.69, 9.17) is 24.2 Å². The molecule has 36 heavy (non-hydrogen) atoms. The highest BCUT2D eigenvalue weighted by atomic mass is 32.1. The van der Waals surface area contributed by atoms with Crippen LogP contribution in [0, 0.1) is 5.92 Å². The van der Waals surface area contributed by atoms with Gasteiger partial charge in [0.15, 0.2) is 11.5 Å². The number of methoxy groups -OCH3 is 3. The van der Waals surface area contributed by atoms with Gasteiger partial charge >= 0.3 is 0 Å². The van der Waals surface area contributed by atoms with Gasteiger partial charge in [0, 0.05) is 43.0 Å². The number of aryl methyl sites for hydroxylation is 2. The van der Waals surface area contributed by atoms with Crippen LogP contribution in [0.25, 0.3) is 10.2 Å². The van der Waals surface area contributed by atoms with Crippen molar-refractivity contribution in [3.63, 3.8) is 0 Å². The molecule has 1 aliphatic heterocycles. The van der Waals surface area contributed by atoms with Crippen molar-refractivity contribution in [3.8, 4) is 17.2 Å². The molecule has 1 saturated heterocycles. The van der Waals surface area contributed by atoms with Gasteiger partial charge in [0.05, 0.1) is 26.7 Å². The number of anilines is 1. The summed E-state index contributed by atoms with van der Waals surface area (Å²) < 4.78 is 16.3. The van der Waals surface area contributed by atoms with Crippen molar-refractivity contribution in [1.82, 2.24) is 14.9 Å². The Labute approximate surface area is 216 Å². The number of thiophene rings is 1. The van der Waals surface area contributed by atoms with E-state index >= 15 is 0 Å². The monoisotopic (exact) mass is 510 g/mol. The molecule has 3 aromatic rings. The summed E-state index contributed by atoms with van der Waals surface area (Å²) in [6.07, 6.45) is 4.25. The lowest BCUT2D eigenvalue weighted by atomic mass is 9.89. The third-order valence-electron chi connectivity index (χ3n) is 7.28. The summed E-state index contributed by atoms with van der Waals surface area (Å²) in [6, 6.07) is 3.44. The van der Waals surface area contributed by atoms with E-state index in [0.29, 0.717) is 35.9 Å². The van der Waals surface area contributed by atoms with E-state index in [1.165, 1.54) is 22.2 Å². The molecule has 1 atom stereocenters. The van der Waals surface area contributed by atoms with Crippen molar-refractivity contribution in [1.29, 1.82) is 0 Å². The van der Waals surface area contributed by atoms with Crippen molar-refractivity contribution in [2.24, 2.45) is 5.92 Å². The number of carbonyl (C=O) groups is 1. The molecule has 2 aliphatic rings. The Bertz CT molecular complexity index is 1260. The Kier molecular flexibility index (Phi) is 6.92. The summed E-state index contributed by atoms with van der Waals surface area (Å²) in [7, 11) is 4.67. The topological polar surface area (TPSA) is 77.0 Å². The Morgan fingerprint density at radius 1 is 1.06 bits per heavy atom. The molecule has 1 fully saturated rings. The lowest BCUT2D eigenvalue weighted by molar-refractivity contribution is 0.0745. The number of fused-ring (bicyclic) bond motifs is 3. The number of carbonyl (C=O) groups excluding carboxylic acids is 1. The van der Waals surface area contributed by atoms with Gasteiger partial charge < -0.3 is 24.0 Å². The molecule has 0 bridgehead atoms. The van der Waals surface area contributed by atoms with Gasteiger partial charge in [-0.05, 0) is 42.9 Å². The van der Waals surface area contributed by atoms with Gasteiger partial charge in [-0.1, -0.05) is 13.8 Å². The van der Waals surface area contributed by atoms with Crippen LogP contribution in [-0.4, -0.2) is 68.3 Å². The highest BCUT2D eigenvalue weighted by Crippen LogP contribution is 2.42. The maximum Gasteiger partial charge on any atom is 0.254 e. The largest absolute Gasteiger partial charge is 0.493 e. The first-order valence-electron chi connectivity index (χ1n) is 12.6. The molecule has 0 saturated carbocycles. The maximum absolute atomic E-state index is 13.4. The SMILES string of the molecule is CCc1nc(N2CCN(C(=O)c3cc(OC)c(OC)c(OC)c3)CC2)c2c3c(sc2n1)C[C@H](C)CC3. The molecule has 5 rings (SSSR count). The normalized spacial score (nSPS) is 17.8. The zero-order valence-electron chi connectivity index (χ0n) is 21.7. The fourth-order valence-electron chi connectivity index (χ4n) is 5.26. The first-order valence-corrected chi connectivity index (χ1v) is 13.4. The predicted octanol–water partition coefficient (Wildman–Crippen LogP) is 4.37. The molecule has 2 aromatic heterocycles. The van der Waals surface area contributed by atoms with Crippen LogP contribution < -0.4 is 19.1 Å². The summed E-state index contributed by atoms with van der Waals surface area (Å²) in [5, 5.41) is 1.24. The zero-order valence-corrected chi connectivity index (χ0v) is 22.5. The molecule has 9 heteroatoms. The standard InChI is InChI=1S/C27H34N4O4S/c1-6-22-28-25(23-18-8-7-16(2)13-21(18)36-26(23)29-22)30-9-11-31(12-10-30)27(32)17-14-19(33-3)24(35-5)20(15-17)34-4/h14-16H,6-13H2,1-5H3/t16-/m1/s1. The second-order valence-corrected chi connectivity index (χ2v) is 10.6. The van der Waals surface area contributed by atoms with Gasteiger partial charge in [0.2, 0.25) is 5.75 Å². The summed E-state index contributed by atoms with van der Waals surface area (Å²) in [4.78, 5) is 30.1. The molecule has 1 aromatic carbocycles. The quantitative estimate of drug-likeness (QED) is 0.487. The number of aromatic nitrogens is 2. The second kappa shape index (κ2) is 10.1. The molecule has 8 nitrogen and oxygen atoms in total. The minimum atomic E-state index is -0.0436. The van der Waals surface area contributed by atoms with Crippen molar-refractivity contribution >= 4 is 33.3 Å². The minimum absolute atomic E-state index is 0.0436. The lowest BCUT2D eigenvalue weighted by Gasteiger charge is -2.36. The van der Waals surface area contributed by atoms with Gasteiger partial charge in [0.1, 0.15) is 16.5 Å². The smallest absolute Gasteiger partial charge is 0.254 e. The number of amides is 1. The van der Waals surface area contributed by atoms with Gasteiger partial charge in [-0.25, -0.2) is 9.97 Å². The van der Waals surface area contributed by atoms with Crippen LogP contribution in [0.3, 0.4) is 0 Å². The van der Waals surface area contributed by atoms with Crippen molar-refractivity contribution < 1.29 is 19.0 Å². The van der Waals surface area contributed by atoms with Crippen molar-refractivity contribution in [2.75, 3.05) is 52.4 Å². The molecular weight excluding hydrogens is 476 g/mol. The average molecular weight is 511 g/mol. The first kappa shape index (κ1) is 24.6. The number of hydrogen-bond donors (Lipinski definition) is 0. The maximum atomic E-state index is 13.4. The second-order valence-electron chi connectivity index (χ2n) is 9.54. The van der Waals surface area contributed by atoms with E-state index in [2.05, 4.69) is 18.7 Å². The van der Waals surface area contributed by atoms with Crippen LogP contribution in [0.1, 0.15) is 46.9 Å². The van der Waals surface area contributed by atoms with E-state index in [9.17, 15) is 4.79 Å². The number of ether oxygens (including phenoxy) is 3. The van der Waals surface area contributed by atoms with Crippen LogP contribution in [0.5, 0.6) is 17.2 Å². The molecular formula is C27H34N4O4S. The number of hydrogen-bond acceptors (Lipinski definition) is 8. The summed E-state index contributed by atoms with van der Waals surface area (Å²) in [5.41, 5.74) is 1.97. The number of nitrogens with zero attached hydrogens (tertiary/aromatic N) is 4. The highest BCUT2D eigenvalue weighted by molar-refractivity contribution is 7.19. The molecule has 0 unspecified atom stereocenters. The molecule has 1 amide bonds. The lowest BCUT2D eigenvalue weighted by Crippen LogP contribution is -2.49. The van der Waals surface area contributed by atoms with Gasteiger partial charge in [-0.2, -0.15) is 0 Å². The highest BCUT2D eigenvalue weighted by Gasteiger charge is 2.29. The first-order chi connectivity index (χ1) is 17.5. The Morgan fingerprint density at radius 2 is 1.75 bits per heavy atom. The van der Waals surface area contributed by atoms with Crippen molar-refractivity contribution in [3.05, 3.63) is 34.0 Å². The number of benzene rings is 1. The Hall–Kier alpha value is -3.07. The molecule has 0 N–H and O–H groups in total. The number of piperazine rings is 1. The van der Waals surface area contributed by atoms with Gasteiger partial charge in [0.25, 0.3) is 5.91 Å². The fourth-order valence-corrected chi connectivity index (χ4v) is 6.66. The van der Waals surface area contributed by atoms with E-state index < -0.39 is 0 Å². The van der Waals surface area contributed by atoms with Crippen LogP contribution >= 0.6 is 11.3 Å². The molecule has 0 radical (unpaired) electrons. The van der Waals surface area contributed by atoms with Crippen molar-refractivity contribution in [2.45, 2.75) is 39.5 Å². The Balaban J connectivity index is 1.40. The average Bonchev–Trinajstić information content (AvgIpc) is 3.28. The molecule has 3 heterocycles. The van der Waals surface area contributed by atoms with Crippen LogP contribution in [-0.2, 0) is 19.3 Å². The van der Waals surface area contributed by atoms with E-state index in [-0.39, 0.29) is 5.91 Å². The zero-order chi connectivity index (χ0) is 25.4. The molecule has 0 spiro atoms. The fraction of sp³-hybridized carbons (Fsp3) is 0.519. The van der Waals surface area contributed by atoms with E-state index in [0.717, 1.165) is 54.7 Å². The van der Waals surface area contributed by atoms with Crippen LogP contribution in [0.15, 0.2) is 12.1 Å².